The fraction of sp³-hybridized carbons (Fsp3) is 0.379. The average molecular weight is 449 g/mol. The molecule has 176 valence electrons. The first kappa shape index (κ1) is 26.1. The second-order valence-corrected chi connectivity index (χ2v) is 9.06. The van der Waals surface area contributed by atoms with Crippen molar-refractivity contribution in [2.45, 2.75) is 58.8 Å². The van der Waals surface area contributed by atoms with Gasteiger partial charge in [-0.05, 0) is 61.8 Å². The van der Waals surface area contributed by atoms with Crippen molar-refractivity contribution in [1.29, 1.82) is 0 Å². The summed E-state index contributed by atoms with van der Waals surface area (Å²) in [6.07, 6.45) is 3.30. The first-order valence-electron chi connectivity index (χ1n) is 11.5. The molecule has 0 saturated heterocycles. The van der Waals surface area contributed by atoms with Crippen LogP contribution >= 0.6 is 0 Å². The zero-order valence-corrected chi connectivity index (χ0v) is 20.4. The molecule has 0 fully saturated rings. The fourth-order valence-electron chi connectivity index (χ4n) is 3.47. The van der Waals surface area contributed by atoms with Crippen LogP contribution in [0.2, 0.25) is 0 Å². The third kappa shape index (κ3) is 8.05. The maximum atomic E-state index is 11.4. The van der Waals surface area contributed by atoms with Gasteiger partial charge in [0.15, 0.2) is 0 Å². The molecule has 0 aliphatic carbocycles. The molecule has 0 radical (unpaired) electrons. The number of carbonyl (C=O) groups excluding carboxylic acids is 2. The second-order valence-electron chi connectivity index (χ2n) is 9.06. The van der Waals surface area contributed by atoms with Gasteiger partial charge in [0, 0.05) is 16.6 Å². The highest BCUT2D eigenvalue weighted by molar-refractivity contribution is 5.87. The predicted octanol–water partition coefficient (Wildman–Crippen LogP) is 6.12. The number of aryl methyl sites for hydroxylation is 2. The molecular weight excluding hydrogens is 412 g/mol. The van der Waals surface area contributed by atoms with Gasteiger partial charge in [0.1, 0.15) is 0 Å². The molecule has 0 unspecified atom stereocenters. The number of rotatable bonds is 12. The van der Waals surface area contributed by atoms with Crippen molar-refractivity contribution in [3.63, 3.8) is 0 Å². The zero-order valence-electron chi connectivity index (χ0n) is 20.4. The summed E-state index contributed by atoms with van der Waals surface area (Å²) in [4.78, 5) is 22.9. The molecule has 0 bridgehead atoms. The molecule has 33 heavy (non-hydrogen) atoms. The van der Waals surface area contributed by atoms with Gasteiger partial charge in [-0.1, -0.05) is 75.5 Å². The summed E-state index contributed by atoms with van der Waals surface area (Å²) in [6.45, 7) is 15.7. The molecule has 0 aliphatic heterocycles. The summed E-state index contributed by atoms with van der Waals surface area (Å²) in [5.74, 6) is -0.659. The molecule has 4 nitrogen and oxygen atoms in total. The van der Waals surface area contributed by atoms with E-state index < -0.39 is 0 Å². The summed E-state index contributed by atoms with van der Waals surface area (Å²) >= 11 is 0. The van der Waals surface area contributed by atoms with Crippen LogP contribution < -0.4 is 0 Å². The van der Waals surface area contributed by atoms with Gasteiger partial charge < -0.3 is 9.47 Å². The van der Waals surface area contributed by atoms with Crippen molar-refractivity contribution >= 4 is 11.9 Å². The van der Waals surface area contributed by atoms with E-state index in [4.69, 9.17) is 9.47 Å². The standard InChI is InChI=1S/C29H36O4/c1-21(2)27(30)32-19-7-9-23-11-15-25(16-12-23)29(5,6)26-17-13-24(14-18-26)10-8-20-33-28(31)22(3)4/h11-18H,1,3,7-10,19-20H2,2,4-6H3. The highest BCUT2D eigenvalue weighted by atomic mass is 16.5. The first-order valence-corrected chi connectivity index (χ1v) is 11.5. The van der Waals surface area contributed by atoms with E-state index in [1.165, 1.54) is 22.3 Å². The summed E-state index contributed by atoms with van der Waals surface area (Å²) in [5.41, 5.74) is 5.69. The van der Waals surface area contributed by atoms with Gasteiger partial charge in [0.2, 0.25) is 0 Å². The predicted molar refractivity (Wildman–Crippen MR) is 133 cm³/mol. The van der Waals surface area contributed by atoms with Gasteiger partial charge in [-0.2, -0.15) is 0 Å². The van der Waals surface area contributed by atoms with Crippen molar-refractivity contribution in [3.05, 3.63) is 95.1 Å². The van der Waals surface area contributed by atoms with E-state index in [0.29, 0.717) is 24.4 Å². The lowest BCUT2D eigenvalue weighted by Crippen LogP contribution is -2.19. The Morgan fingerprint density at radius 3 is 1.33 bits per heavy atom. The van der Waals surface area contributed by atoms with E-state index in [-0.39, 0.29) is 17.4 Å². The molecular formula is C29H36O4. The Morgan fingerprint density at radius 1 is 0.697 bits per heavy atom. The third-order valence-corrected chi connectivity index (χ3v) is 5.73. The van der Waals surface area contributed by atoms with Gasteiger partial charge in [-0.15, -0.1) is 0 Å². The van der Waals surface area contributed by atoms with Gasteiger partial charge in [-0.25, -0.2) is 9.59 Å². The minimum atomic E-state index is -0.329. The topological polar surface area (TPSA) is 52.6 Å². The summed E-state index contributed by atoms with van der Waals surface area (Å²) in [5, 5.41) is 0. The van der Waals surface area contributed by atoms with Crippen LogP contribution in [-0.2, 0) is 37.3 Å². The maximum Gasteiger partial charge on any atom is 0.333 e. The first-order chi connectivity index (χ1) is 15.6. The number of hydrogen-bond acceptors (Lipinski definition) is 4. The van der Waals surface area contributed by atoms with Crippen LogP contribution in [0.25, 0.3) is 0 Å². The molecule has 0 saturated carbocycles. The van der Waals surface area contributed by atoms with E-state index in [9.17, 15) is 9.59 Å². The summed E-state index contributed by atoms with van der Waals surface area (Å²) < 4.78 is 10.3. The molecule has 0 spiro atoms. The van der Waals surface area contributed by atoms with Crippen LogP contribution in [0.1, 0.15) is 62.8 Å². The van der Waals surface area contributed by atoms with Crippen LogP contribution in [0.3, 0.4) is 0 Å². The van der Waals surface area contributed by atoms with Crippen LogP contribution in [0, 0.1) is 0 Å². The number of hydrogen-bond donors (Lipinski definition) is 0. The minimum Gasteiger partial charge on any atom is -0.462 e. The zero-order chi connectivity index (χ0) is 24.4. The largest absolute Gasteiger partial charge is 0.462 e. The number of esters is 2. The monoisotopic (exact) mass is 448 g/mol. The Kier molecular flexibility index (Phi) is 9.65. The molecule has 2 rings (SSSR count). The van der Waals surface area contributed by atoms with Gasteiger partial charge in [-0.3, -0.25) is 0 Å². The van der Waals surface area contributed by atoms with Gasteiger partial charge >= 0.3 is 11.9 Å². The Morgan fingerprint density at radius 2 is 1.03 bits per heavy atom. The lowest BCUT2D eigenvalue weighted by Gasteiger charge is -2.26. The highest BCUT2D eigenvalue weighted by Gasteiger charge is 2.22. The SMILES string of the molecule is C=C(C)C(=O)OCCCc1ccc(C(C)(C)c2ccc(CCCOC(=O)C(=C)C)cc2)cc1. The van der Waals surface area contributed by atoms with Crippen LogP contribution in [0.4, 0.5) is 0 Å². The summed E-state index contributed by atoms with van der Waals surface area (Å²) in [6, 6.07) is 17.3. The van der Waals surface area contributed by atoms with Crippen molar-refractivity contribution < 1.29 is 19.1 Å². The minimum absolute atomic E-state index is 0.120. The molecule has 0 aromatic heterocycles. The smallest absolute Gasteiger partial charge is 0.333 e. The molecule has 2 aromatic rings. The second kappa shape index (κ2) is 12.2. The molecule has 0 atom stereocenters. The number of benzene rings is 2. The Hall–Kier alpha value is -3.14. The Labute approximate surface area is 198 Å². The van der Waals surface area contributed by atoms with Gasteiger partial charge in [0.05, 0.1) is 13.2 Å². The highest BCUT2D eigenvalue weighted by Crippen LogP contribution is 2.32. The van der Waals surface area contributed by atoms with E-state index in [0.717, 1.165) is 25.7 Å². The summed E-state index contributed by atoms with van der Waals surface area (Å²) in [7, 11) is 0. The molecule has 0 aliphatic rings. The molecule has 2 aromatic carbocycles. The third-order valence-electron chi connectivity index (χ3n) is 5.73. The fourth-order valence-corrected chi connectivity index (χ4v) is 3.47. The van der Waals surface area contributed by atoms with E-state index >= 15 is 0 Å². The maximum absolute atomic E-state index is 11.4. The lowest BCUT2D eigenvalue weighted by atomic mass is 9.77. The van der Waals surface area contributed by atoms with Crippen molar-refractivity contribution in [1.82, 2.24) is 0 Å². The molecule has 0 amide bonds. The van der Waals surface area contributed by atoms with Crippen molar-refractivity contribution in [2.24, 2.45) is 0 Å². The quantitative estimate of drug-likeness (QED) is 0.223. The van der Waals surface area contributed by atoms with E-state index in [2.05, 4.69) is 75.5 Å². The normalized spacial score (nSPS) is 11.0. The molecule has 4 heteroatoms. The van der Waals surface area contributed by atoms with Crippen molar-refractivity contribution in [2.75, 3.05) is 13.2 Å². The van der Waals surface area contributed by atoms with Gasteiger partial charge in [0.25, 0.3) is 0 Å². The van der Waals surface area contributed by atoms with E-state index in [1.54, 1.807) is 13.8 Å². The Bertz CT molecular complexity index is 886. The average Bonchev–Trinajstić information content (AvgIpc) is 2.79. The number of carbonyl (C=O) groups is 2. The molecule has 0 heterocycles. The van der Waals surface area contributed by atoms with Crippen LogP contribution in [0.5, 0.6) is 0 Å². The van der Waals surface area contributed by atoms with Crippen molar-refractivity contribution in [3.8, 4) is 0 Å². The lowest BCUT2D eigenvalue weighted by molar-refractivity contribution is -0.139. The van der Waals surface area contributed by atoms with Crippen LogP contribution in [-0.4, -0.2) is 25.2 Å². The Balaban J connectivity index is 1.88. The number of ether oxygens (including phenoxy) is 2. The van der Waals surface area contributed by atoms with Crippen LogP contribution in [0.15, 0.2) is 72.8 Å². The molecule has 0 N–H and O–H groups in total. The van der Waals surface area contributed by atoms with E-state index in [1.807, 2.05) is 0 Å².